The fraction of sp³-hybridized carbons (Fsp3) is 0.632. The summed E-state index contributed by atoms with van der Waals surface area (Å²) in [6.07, 6.45) is 6.81. The van der Waals surface area contributed by atoms with Gasteiger partial charge in [-0.3, -0.25) is 9.89 Å². The number of rotatable bonds is 6. The molecule has 2 aliphatic rings. The molecule has 4 heteroatoms. The highest BCUT2D eigenvalue weighted by Crippen LogP contribution is 2.27. The van der Waals surface area contributed by atoms with E-state index in [1.807, 2.05) is 7.05 Å². The van der Waals surface area contributed by atoms with Crippen LogP contribution in [0.2, 0.25) is 0 Å². The number of guanidine groups is 1. The van der Waals surface area contributed by atoms with Crippen LogP contribution in [0.4, 0.5) is 0 Å². The van der Waals surface area contributed by atoms with Gasteiger partial charge in [-0.2, -0.15) is 0 Å². The Balaban J connectivity index is 1.53. The molecule has 2 N–H and O–H groups in total. The average Bonchev–Trinajstić information content (AvgIpc) is 3.42. The zero-order valence-electron chi connectivity index (χ0n) is 14.4. The van der Waals surface area contributed by atoms with Crippen LogP contribution in [0.5, 0.6) is 0 Å². The highest BCUT2D eigenvalue weighted by Gasteiger charge is 2.21. The molecule has 1 aromatic rings. The van der Waals surface area contributed by atoms with Crippen molar-refractivity contribution in [2.75, 3.05) is 26.7 Å². The highest BCUT2D eigenvalue weighted by molar-refractivity contribution is 5.79. The molecule has 0 atom stereocenters. The van der Waals surface area contributed by atoms with E-state index in [2.05, 4.69) is 44.8 Å². The van der Waals surface area contributed by atoms with Crippen LogP contribution >= 0.6 is 0 Å². The quantitative estimate of drug-likeness (QED) is 0.626. The molecular weight excluding hydrogens is 284 g/mol. The molecule has 126 valence electrons. The van der Waals surface area contributed by atoms with Crippen molar-refractivity contribution in [1.29, 1.82) is 0 Å². The molecule has 1 aromatic carbocycles. The zero-order valence-corrected chi connectivity index (χ0v) is 14.4. The molecule has 1 saturated carbocycles. The Labute approximate surface area is 140 Å². The predicted molar refractivity (Wildman–Crippen MR) is 96.5 cm³/mol. The van der Waals surface area contributed by atoms with E-state index >= 15 is 0 Å². The third-order valence-corrected chi connectivity index (χ3v) is 4.89. The maximum atomic E-state index is 4.33. The summed E-state index contributed by atoms with van der Waals surface area (Å²) < 4.78 is 0. The first-order valence-corrected chi connectivity index (χ1v) is 9.09. The molecule has 1 aliphatic carbocycles. The second-order valence-electron chi connectivity index (χ2n) is 6.86. The van der Waals surface area contributed by atoms with Gasteiger partial charge in [0.2, 0.25) is 0 Å². The molecule has 2 fully saturated rings. The number of likely N-dealkylation sites (tertiary alicyclic amines) is 1. The Morgan fingerprint density at radius 3 is 2.52 bits per heavy atom. The number of aliphatic imine (C=N–C) groups is 1. The number of nitrogens with zero attached hydrogens (tertiary/aromatic N) is 2. The van der Waals surface area contributed by atoms with Gasteiger partial charge >= 0.3 is 0 Å². The standard InChI is InChI=1S/C19H30N4/c1-20-19(21-13-16-9-10-16)22-14-17-7-3-4-8-18(17)15-23-11-5-2-6-12-23/h3-4,7-8,16H,2,5-6,9-15H2,1H3,(H2,20,21,22). The van der Waals surface area contributed by atoms with E-state index < -0.39 is 0 Å². The van der Waals surface area contributed by atoms with Gasteiger partial charge in [0.25, 0.3) is 0 Å². The molecule has 1 heterocycles. The van der Waals surface area contributed by atoms with E-state index in [1.54, 1.807) is 0 Å². The first-order chi connectivity index (χ1) is 11.3. The van der Waals surface area contributed by atoms with Crippen LogP contribution in [-0.2, 0) is 13.1 Å². The largest absolute Gasteiger partial charge is 0.356 e. The van der Waals surface area contributed by atoms with Gasteiger partial charge in [-0.05, 0) is 55.8 Å². The zero-order chi connectivity index (χ0) is 15.9. The number of benzene rings is 1. The minimum absolute atomic E-state index is 0.842. The molecule has 4 nitrogen and oxygen atoms in total. The molecule has 1 saturated heterocycles. The minimum atomic E-state index is 0.842. The summed E-state index contributed by atoms with van der Waals surface area (Å²) in [7, 11) is 1.85. The average molecular weight is 314 g/mol. The van der Waals surface area contributed by atoms with Crippen LogP contribution in [-0.4, -0.2) is 37.5 Å². The lowest BCUT2D eigenvalue weighted by atomic mass is 10.0. The molecule has 0 spiro atoms. The van der Waals surface area contributed by atoms with E-state index in [9.17, 15) is 0 Å². The van der Waals surface area contributed by atoms with E-state index in [4.69, 9.17) is 0 Å². The van der Waals surface area contributed by atoms with Crippen LogP contribution in [0.15, 0.2) is 29.3 Å². The summed E-state index contributed by atoms with van der Waals surface area (Å²) in [4.78, 5) is 6.92. The molecule has 3 rings (SSSR count). The Morgan fingerprint density at radius 2 is 1.83 bits per heavy atom. The molecular formula is C19H30N4. The van der Waals surface area contributed by atoms with Crippen molar-refractivity contribution in [2.24, 2.45) is 10.9 Å². The fourth-order valence-electron chi connectivity index (χ4n) is 3.21. The second-order valence-corrected chi connectivity index (χ2v) is 6.86. The van der Waals surface area contributed by atoms with Crippen molar-refractivity contribution >= 4 is 5.96 Å². The van der Waals surface area contributed by atoms with Gasteiger partial charge in [-0.25, -0.2) is 0 Å². The van der Waals surface area contributed by atoms with Gasteiger partial charge in [0.1, 0.15) is 0 Å². The summed E-state index contributed by atoms with van der Waals surface area (Å²) in [5.74, 6) is 1.78. The summed E-state index contributed by atoms with van der Waals surface area (Å²) in [5, 5.41) is 6.90. The summed E-state index contributed by atoms with van der Waals surface area (Å²) >= 11 is 0. The number of piperidine rings is 1. The molecule has 0 unspecified atom stereocenters. The van der Waals surface area contributed by atoms with Crippen molar-refractivity contribution in [2.45, 2.75) is 45.2 Å². The van der Waals surface area contributed by atoms with Crippen molar-refractivity contribution in [1.82, 2.24) is 15.5 Å². The van der Waals surface area contributed by atoms with Gasteiger partial charge in [0.15, 0.2) is 5.96 Å². The fourth-order valence-corrected chi connectivity index (χ4v) is 3.21. The minimum Gasteiger partial charge on any atom is -0.356 e. The van der Waals surface area contributed by atoms with Crippen molar-refractivity contribution in [3.8, 4) is 0 Å². The normalized spacial score (nSPS) is 19.6. The third-order valence-electron chi connectivity index (χ3n) is 4.89. The number of nitrogens with one attached hydrogen (secondary N) is 2. The molecule has 23 heavy (non-hydrogen) atoms. The Morgan fingerprint density at radius 1 is 1.09 bits per heavy atom. The van der Waals surface area contributed by atoms with Gasteiger partial charge in [0, 0.05) is 26.7 Å². The van der Waals surface area contributed by atoms with Gasteiger partial charge in [-0.1, -0.05) is 30.7 Å². The molecule has 1 aliphatic heterocycles. The maximum absolute atomic E-state index is 4.33. The number of hydrogen-bond donors (Lipinski definition) is 2. The predicted octanol–water partition coefficient (Wildman–Crippen LogP) is 2.75. The van der Waals surface area contributed by atoms with Crippen LogP contribution in [0.1, 0.15) is 43.2 Å². The second kappa shape index (κ2) is 8.34. The van der Waals surface area contributed by atoms with Crippen LogP contribution in [0, 0.1) is 5.92 Å². The van der Waals surface area contributed by atoms with Gasteiger partial charge in [0.05, 0.1) is 0 Å². The lowest BCUT2D eigenvalue weighted by Crippen LogP contribution is -2.38. The lowest BCUT2D eigenvalue weighted by Gasteiger charge is -2.27. The molecule has 0 radical (unpaired) electrons. The van der Waals surface area contributed by atoms with Crippen LogP contribution in [0.3, 0.4) is 0 Å². The Hall–Kier alpha value is -1.55. The Kier molecular flexibility index (Phi) is 5.92. The summed E-state index contributed by atoms with van der Waals surface area (Å²) in [6, 6.07) is 8.80. The van der Waals surface area contributed by atoms with Crippen molar-refractivity contribution in [3.05, 3.63) is 35.4 Å². The summed E-state index contributed by atoms with van der Waals surface area (Å²) in [5.41, 5.74) is 2.83. The SMILES string of the molecule is CN=C(NCc1ccccc1CN1CCCCC1)NCC1CC1. The number of hydrogen-bond acceptors (Lipinski definition) is 2. The van der Waals surface area contributed by atoms with Crippen LogP contribution in [0.25, 0.3) is 0 Å². The van der Waals surface area contributed by atoms with E-state index in [0.717, 1.165) is 31.5 Å². The first kappa shape index (κ1) is 16.3. The topological polar surface area (TPSA) is 39.7 Å². The smallest absolute Gasteiger partial charge is 0.191 e. The summed E-state index contributed by atoms with van der Waals surface area (Å²) in [6.45, 7) is 5.45. The van der Waals surface area contributed by atoms with E-state index in [0.29, 0.717) is 0 Å². The maximum Gasteiger partial charge on any atom is 0.191 e. The molecule has 0 aromatic heterocycles. The highest BCUT2D eigenvalue weighted by atomic mass is 15.2. The van der Waals surface area contributed by atoms with Crippen molar-refractivity contribution < 1.29 is 0 Å². The lowest BCUT2D eigenvalue weighted by molar-refractivity contribution is 0.220. The van der Waals surface area contributed by atoms with Crippen molar-refractivity contribution in [3.63, 3.8) is 0 Å². The van der Waals surface area contributed by atoms with Crippen LogP contribution < -0.4 is 10.6 Å². The first-order valence-electron chi connectivity index (χ1n) is 9.09. The van der Waals surface area contributed by atoms with Gasteiger partial charge in [-0.15, -0.1) is 0 Å². The molecule has 0 bridgehead atoms. The Bertz CT molecular complexity index is 516. The monoisotopic (exact) mass is 314 g/mol. The van der Waals surface area contributed by atoms with Gasteiger partial charge < -0.3 is 10.6 Å². The third kappa shape index (κ3) is 5.24. The van der Waals surface area contributed by atoms with E-state index in [-0.39, 0.29) is 0 Å². The van der Waals surface area contributed by atoms with E-state index in [1.165, 1.54) is 56.3 Å². The molecule has 0 amide bonds.